The number of amides is 1. The molecule has 0 saturated carbocycles. The number of carboxylic acids is 1. The number of carbonyl (C=O) groups excluding carboxylic acids is 1. The first-order valence-electron chi connectivity index (χ1n) is 5.59. The summed E-state index contributed by atoms with van der Waals surface area (Å²) >= 11 is 5.73. The van der Waals surface area contributed by atoms with Crippen molar-refractivity contribution < 1.29 is 23.3 Å². The van der Waals surface area contributed by atoms with Crippen LogP contribution in [0.15, 0.2) is 18.2 Å². The molecule has 0 heterocycles. The minimum Gasteiger partial charge on any atom is -0.480 e. The Labute approximate surface area is 122 Å². The highest BCUT2D eigenvalue weighted by molar-refractivity contribution is 7.84. The summed E-state index contributed by atoms with van der Waals surface area (Å²) < 4.78 is 25.1. The molecule has 1 unspecified atom stereocenters. The third-order valence-corrected chi connectivity index (χ3v) is 4.14. The summed E-state index contributed by atoms with van der Waals surface area (Å²) in [6, 6.07) is 2.86. The van der Waals surface area contributed by atoms with Crippen molar-refractivity contribution in [2.45, 2.75) is 18.7 Å². The largest absolute Gasteiger partial charge is 0.480 e. The van der Waals surface area contributed by atoms with Gasteiger partial charge in [-0.3, -0.25) is 9.00 Å². The number of rotatable bonds is 6. The predicted octanol–water partition coefficient (Wildman–Crippen LogP) is 1.32. The van der Waals surface area contributed by atoms with Gasteiger partial charge in [-0.1, -0.05) is 23.7 Å². The van der Waals surface area contributed by atoms with Crippen LogP contribution in [0.1, 0.15) is 12.5 Å². The van der Waals surface area contributed by atoms with Gasteiger partial charge in [0.05, 0.1) is 16.5 Å². The zero-order chi connectivity index (χ0) is 15.3. The second kappa shape index (κ2) is 7.35. The molecule has 110 valence electrons. The number of carbonyl (C=O) groups is 2. The molecule has 0 radical (unpaired) electrons. The quantitative estimate of drug-likeness (QED) is 0.827. The van der Waals surface area contributed by atoms with Crippen molar-refractivity contribution in [1.29, 1.82) is 0 Å². The van der Waals surface area contributed by atoms with Gasteiger partial charge >= 0.3 is 5.97 Å². The van der Waals surface area contributed by atoms with Crippen LogP contribution in [0.4, 0.5) is 4.39 Å². The lowest BCUT2D eigenvalue weighted by Crippen LogP contribution is -2.43. The van der Waals surface area contributed by atoms with E-state index in [9.17, 15) is 18.2 Å². The summed E-state index contributed by atoms with van der Waals surface area (Å²) in [5.74, 6) is -2.79. The molecule has 1 rings (SSSR count). The predicted molar refractivity (Wildman–Crippen MR) is 73.4 cm³/mol. The fourth-order valence-electron chi connectivity index (χ4n) is 1.50. The molecule has 2 N–H and O–H groups in total. The highest BCUT2D eigenvalue weighted by Crippen LogP contribution is 2.21. The van der Waals surface area contributed by atoms with Gasteiger partial charge in [0.2, 0.25) is 5.91 Å². The van der Waals surface area contributed by atoms with Crippen molar-refractivity contribution in [3.8, 4) is 0 Å². The van der Waals surface area contributed by atoms with Crippen LogP contribution >= 0.6 is 11.6 Å². The molecule has 0 fully saturated rings. The monoisotopic (exact) mass is 321 g/mol. The van der Waals surface area contributed by atoms with Gasteiger partial charge in [0, 0.05) is 17.7 Å². The third kappa shape index (κ3) is 4.90. The van der Waals surface area contributed by atoms with Gasteiger partial charge in [0.15, 0.2) is 0 Å². The first-order chi connectivity index (χ1) is 9.31. The van der Waals surface area contributed by atoms with E-state index >= 15 is 0 Å². The first kappa shape index (κ1) is 16.6. The molecule has 0 spiro atoms. The highest BCUT2D eigenvalue weighted by Gasteiger charge is 2.22. The fraction of sp³-hybridized carbons (Fsp3) is 0.333. The Kier molecular flexibility index (Phi) is 6.09. The molecule has 0 aromatic heterocycles. The molecule has 1 aromatic carbocycles. The topological polar surface area (TPSA) is 83.5 Å². The summed E-state index contributed by atoms with van der Waals surface area (Å²) in [5, 5.41) is 11.0. The Bertz CT molecular complexity index is 552. The Hall–Kier alpha value is -1.47. The number of hydrogen-bond acceptors (Lipinski definition) is 3. The van der Waals surface area contributed by atoms with Crippen molar-refractivity contribution in [2.75, 3.05) is 5.75 Å². The Balaban J connectivity index is 2.73. The van der Waals surface area contributed by atoms with Gasteiger partial charge in [-0.15, -0.1) is 0 Å². The SMILES string of the molecule is CC(=O)N[C@@H](CS(=O)Cc1cccc(F)c1Cl)C(=O)O. The standard InChI is InChI=1S/C12H13ClFNO4S/c1-7(16)15-10(12(17)18)6-20(19)5-8-3-2-4-9(14)11(8)13/h2-4,10H,5-6H2,1H3,(H,15,16)(H,17,18)/t10-,20?/m0/s1. The molecule has 2 atom stereocenters. The van der Waals surface area contributed by atoms with Crippen molar-refractivity contribution in [1.82, 2.24) is 5.32 Å². The number of hydrogen-bond donors (Lipinski definition) is 2. The van der Waals surface area contributed by atoms with Gasteiger partial charge in [0.25, 0.3) is 0 Å². The molecule has 0 aliphatic rings. The molecular weight excluding hydrogens is 309 g/mol. The minimum absolute atomic E-state index is 0.0834. The molecule has 20 heavy (non-hydrogen) atoms. The summed E-state index contributed by atoms with van der Waals surface area (Å²) in [6.07, 6.45) is 0. The van der Waals surface area contributed by atoms with Gasteiger partial charge in [-0.25, -0.2) is 9.18 Å². The van der Waals surface area contributed by atoms with E-state index in [1.807, 2.05) is 0 Å². The van der Waals surface area contributed by atoms with E-state index in [1.54, 1.807) is 0 Å². The van der Waals surface area contributed by atoms with E-state index < -0.39 is 34.5 Å². The van der Waals surface area contributed by atoms with E-state index in [0.29, 0.717) is 5.56 Å². The Morgan fingerprint density at radius 3 is 2.70 bits per heavy atom. The lowest BCUT2D eigenvalue weighted by atomic mass is 10.2. The molecule has 0 aliphatic carbocycles. The highest BCUT2D eigenvalue weighted by atomic mass is 35.5. The van der Waals surface area contributed by atoms with Gasteiger partial charge in [-0.05, 0) is 11.6 Å². The number of halogens is 2. The molecule has 0 aliphatic heterocycles. The van der Waals surface area contributed by atoms with Crippen molar-refractivity contribution in [3.05, 3.63) is 34.6 Å². The van der Waals surface area contributed by atoms with E-state index in [4.69, 9.17) is 16.7 Å². The second-order valence-electron chi connectivity index (χ2n) is 4.06. The average Bonchev–Trinajstić information content (AvgIpc) is 2.33. The van der Waals surface area contributed by atoms with Crippen LogP contribution in [0.5, 0.6) is 0 Å². The molecular formula is C12H13ClFNO4S. The van der Waals surface area contributed by atoms with Crippen LogP contribution in [-0.4, -0.2) is 33.0 Å². The van der Waals surface area contributed by atoms with Crippen LogP contribution < -0.4 is 5.32 Å². The van der Waals surface area contributed by atoms with E-state index in [0.717, 1.165) is 0 Å². The zero-order valence-electron chi connectivity index (χ0n) is 10.6. The molecule has 0 saturated heterocycles. The van der Waals surface area contributed by atoms with Crippen LogP contribution in [0.25, 0.3) is 0 Å². The molecule has 5 nitrogen and oxygen atoms in total. The van der Waals surface area contributed by atoms with E-state index in [2.05, 4.69) is 5.32 Å². The molecule has 8 heteroatoms. The lowest BCUT2D eigenvalue weighted by Gasteiger charge is -2.13. The zero-order valence-corrected chi connectivity index (χ0v) is 12.1. The second-order valence-corrected chi connectivity index (χ2v) is 5.93. The Morgan fingerprint density at radius 2 is 2.15 bits per heavy atom. The first-order valence-corrected chi connectivity index (χ1v) is 7.45. The normalized spacial score (nSPS) is 13.6. The van der Waals surface area contributed by atoms with Crippen LogP contribution in [0, 0.1) is 5.82 Å². The van der Waals surface area contributed by atoms with Crippen molar-refractivity contribution >= 4 is 34.3 Å². The maximum atomic E-state index is 13.2. The van der Waals surface area contributed by atoms with Crippen LogP contribution in [0.2, 0.25) is 5.02 Å². The minimum atomic E-state index is -1.60. The number of benzene rings is 1. The Morgan fingerprint density at radius 1 is 1.50 bits per heavy atom. The van der Waals surface area contributed by atoms with Crippen molar-refractivity contribution in [2.24, 2.45) is 0 Å². The summed E-state index contributed by atoms with van der Waals surface area (Å²) in [7, 11) is -1.60. The number of carboxylic acid groups (broad SMARTS) is 1. The molecule has 1 amide bonds. The summed E-state index contributed by atoms with van der Waals surface area (Å²) in [6.45, 7) is 1.17. The van der Waals surface area contributed by atoms with Crippen LogP contribution in [-0.2, 0) is 26.1 Å². The maximum Gasteiger partial charge on any atom is 0.327 e. The van der Waals surface area contributed by atoms with E-state index in [-0.39, 0.29) is 16.5 Å². The molecule has 1 aromatic rings. The van der Waals surface area contributed by atoms with E-state index in [1.165, 1.54) is 25.1 Å². The van der Waals surface area contributed by atoms with Gasteiger partial charge < -0.3 is 10.4 Å². The fourth-order valence-corrected chi connectivity index (χ4v) is 3.07. The third-order valence-electron chi connectivity index (χ3n) is 2.38. The summed E-state index contributed by atoms with van der Waals surface area (Å²) in [4.78, 5) is 21.8. The number of aliphatic carboxylic acids is 1. The summed E-state index contributed by atoms with van der Waals surface area (Å²) in [5.41, 5.74) is 0.331. The van der Waals surface area contributed by atoms with Gasteiger partial charge in [-0.2, -0.15) is 0 Å². The smallest absolute Gasteiger partial charge is 0.327 e. The molecule has 0 bridgehead atoms. The van der Waals surface area contributed by atoms with Crippen LogP contribution in [0.3, 0.4) is 0 Å². The lowest BCUT2D eigenvalue weighted by molar-refractivity contribution is -0.140. The average molecular weight is 322 g/mol. The maximum absolute atomic E-state index is 13.2. The van der Waals surface area contributed by atoms with Crippen molar-refractivity contribution in [3.63, 3.8) is 0 Å². The number of nitrogens with one attached hydrogen (secondary N) is 1. The van der Waals surface area contributed by atoms with Gasteiger partial charge in [0.1, 0.15) is 11.9 Å².